The van der Waals surface area contributed by atoms with E-state index in [1.807, 2.05) is 0 Å². The average molecular weight is 1510 g/mol. The smallest absolute Gasteiger partial charge is 0.253 e. The molecule has 2 aromatic rings. The number of Topliss-reactive ketones (excluding diaryl/α,β-unsaturated/α-hetero) is 1. The van der Waals surface area contributed by atoms with Gasteiger partial charge in [0.1, 0.15) is 6.61 Å². The Balaban J connectivity index is 3.28. The maximum atomic E-state index is 15.4. The number of ketones is 1. The molecular formula is C32H38I6N6O15. The Morgan fingerprint density at radius 3 is 1.42 bits per heavy atom. The van der Waals surface area contributed by atoms with Gasteiger partial charge in [-0.3, -0.25) is 33.7 Å². The molecule has 0 saturated carbocycles. The fourth-order valence-electron chi connectivity index (χ4n) is 5.27. The SMILES string of the molecule is NC(=O)c1c(I)c(C(N)=O)c(I)c(N(CC(O)CO)C(=O)C(C(=O)c2c(I)c(NC(=O)CO)c(I)c(C(=O)NCC(O)CO)c2I)N(CC(O)CO)CC(O)CO)c1I. The Morgan fingerprint density at radius 2 is 1.00 bits per heavy atom. The third-order valence-electron chi connectivity index (χ3n) is 7.99. The predicted molar refractivity (Wildman–Crippen MR) is 259 cm³/mol. The number of nitrogens with zero attached hydrogens (tertiary/aromatic N) is 2. The molecule has 5 amide bonds. The first-order valence-electron chi connectivity index (χ1n) is 16.5. The number of rotatable bonds is 22. The number of primary amides is 2. The zero-order valence-corrected chi connectivity index (χ0v) is 43.0. The van der Waals surface area contributed by atoms with Crippen molar-refractivity contribution in [2.75, 3.05) is 69.4 Å². The van der Waals surface area contributed by atoms with Crippen LogP contribution < -0.4 is 27.0 Å². The maximum absolute atomic E-state index is 15.4. The van der Waals surface area contributed by atoms with Gasteiger partial charge in [0.05, 0.1) is 96.2 Å². The molecule has 0 aliphatic rings. The first kappa shape index (κ1) is 54.6. The van der Waals surface area contributed by atoms with E-state index in [1.54, 1.807) is 136 Å². The maximum Gasteiger partial charge on any atom is 0.253 e. The van der Waals surface area contributed by atoms with Crippen molar-refractivity contribution in [3.63, 3.8) is 0 Å². The average Bonchev–Trinajstić information content (AvgIpc) is 3.17. The molecule has 21 nitrogen and oxygen atoms in total. The van der Waals surface area contributed by atoms with Gasteiger partial charge in [0.25, 0.3) is 23.6 Å². The number of hydrogen-bond donors (Lipinski definition) is 13. The molecule has 59 heavy (non-hydrogen) atoms. The molecule has 0 aliphatic carbocycles. The Labute approximate surface area is 417 Å². The molecule has 0 aromatic heterocycles. The largest absolute Gasteiger partial charge is 0.394 e. The van der Waals surface area contributed by atoms with Crippen LogP contribution >= 0.6 is 136 Å². The molecule has 27 heteroatoms. The van der Waals surface area contributed by atoms with Gasteiger partial charge in [0, 0.05) is 35.9 Å². The lowest BCUT2D eigenvalue weighted by atomic mass is 9.96. The minimum atomic E-state index is -2.28. The lowest BCUT2D eigenvalue weighted by molar-refractivity contribution is -0.124. The number of anilines is 2. The van der Waals surface area contributed by atoms with E-state index in [-0.39, 0.29) is 49.5 Å². The van der Waals surface area contributed by atoms with Crippen molar-refractivity contribution in [2.45, 2.75) is 30.5 Å². The molecular weight excluding hydrogens is 1470 g/mol. The highest BCUT2D eigenvalue weighted by Gasteiger charge is 2.43. The Morgan fingerprint density at radius 1 is 0.576 bits per heavy atom. The molecule has 2 rings (SSSR count). The standard InChI is InChI=1S/C32H38I6N6O15/c33-19-15(21(35)25(42-14(54)9-49)22(36)18(19)31(58)41-1-10(50)5-45)28(55)27(43(2-11(51)6-46)3-12(52)7-47)32(59)44(4-13(53)8-48)26-23(37)16(29(39)56)20(34)17(24(26)38)30(40)57/h10-13,27,45-53H,1-9H2,(H2,39,56)(H2,40,57)(H,41,58)(H,42,54). The topological polar surface area (TPSA) is 367 Å². The van der Waals surface area contributed by atoms with Crippen LogP contribution in [0, 0.1) is 21.4 Å². The summed E-state index contributed by atoms with van der Waals surface area (Å²) < 4.78 is -0.398. The molecule has 5 atom stereocenters. The van der Waals surface area contributed by atoms with Gasteiger partial charge in [0.2, 0.25) is 5.91 Å². The number of amides is 5. The van der Waals surface area contributed by atoms with Crippen molar-refractivity contribution in [3.8, 4) is 0 Å². The third-order valence-corrected chi connectivity index (χ3v) is 14.4. The van der Waals surface area contributed by atoms with Gasteiger partial charge in [-0.15, -0.1) is 0 Å². The van der Waals surface area contributed by atoms with Crippen LogP contribution in [0.3, 0.4) is 0 Å². The van der Waals surface area contributed by atoms with Gasteiger partial charge in [-0.25, -0.2) is 0 Å². The molecule has 0 saturated heterocycles. The number of nitrogens with one attached hydrogen (secondary N) is 2. The van der Waals surface area contributed by atoms with Gasteiger partial charge in [0.15, 0.2) is 11.8 Å². The number of aliphatic hydroxyl groups excluding tert-OH is 9. The lowest BCUT2D eigenvalue weighted by Crippen LogP contribution is -2.58. The van der Waals surface area contributed by atoms with Crippen molar-refractivity contribution in [1.29, 1.82) is 0 Å². The Kier molecular flexibility index (Phi) is 23.2. The number of carbonyl (C=O) groups is 6. The van der Waals surface area contributed by atoms with Crippen molar-refractivity contribution < 1.29 is 74.7 Å². The molecule has 2 aromatic carbocycles. The summed E-state index contributed by atoms with van der Waals surface area (Å²) in [6, 6.07) is -2.28. The van der Waals surface area contributed by atoms with E-state index in [2.05, 4.69) is 10.6 Å². The van der Waals surface area contributed by atoms with E-state index in [0.29, 0.717) is 0 Å². The summed E-state index contributed by atoms with van der Waals surface area (Å²) >= 11 is 9.90. The zero-order chi connectivity index (χ0) is 45.2. The number of hydrogen-bond acceptors (Lipinski definition) is 16. The fourth-order valence-corrected chi connectivity index (χ4v) is 14.5. The van der Waals surface area contributed by atoms with Gasteiger partial charge >= 0.3 is 0 Å². The number of carbonyl (C=O) groups excluding carboxylic acids is 6. The highest BCUT2D eigenvalue weighted by molar-refractivity contribution is 14.1. The van der Waals surface area contributed by atoms with Crippen LogP contribution in [0.25, 0.3) is 0 Å². The molecule has 5 unspecified atom stereocenters. The first-order valence-corrected chi connectivity index (χ1v) is 23.0. The van der Waals surface area contributed by atoms with Gasteiger partial charge in [-0.2, -0.15) is 0 Å². The summed E-state index contributed by atoms with van der Waals surface area (Å²) in [6.45, 7) is -7.47. The third kappa shape index (κ3) is 13.5. The van der Waals surface area contributed by atoms with E-state index < -0.39 is 131 Å². The molecule has 0 spiro atoms. The van der Waals surface area contributed by atoms with Crippen LogP contribution in [-0.4, -0.2) is 176 Å². The summed E-state index contributed by atoms with van der Waals surface area (Å²) in [6.07, 6.45) is -6.60. The van der Waals surface area contributed by atoms with E-state index in [0.717, 1.165) is 9.80 Å². The van der Waals surface area contributed by atoms with Crippen molar-refractivity contribution in [2.24, 2.45) is 11.5 Å². The minimum Gasteiger partial charge on any atom is -0.394 e. The van der Waals surface area contributed by atoms with Gasteiger partial charge in [-0.1, -0.05) is 0 Å². The van der Waals surface area contributed by atoms with Crippen LogP contribution in [0.15, 0.2) is 0 Å². The molecule has 0 heterocycles. The second kappa shape index (κ2) is 25.1. The van der Waals surface area contributed by atoms with Crippen molar-refractivity contribution in [3.05, 3.63) is 43.7 Å². The lowest BCUT2D eigenvalue weighted by Gasteiger charge is -2.37. The number of halogens is 6. The molecule has 0 radical (unpaired) electrons. The Hall–Kier alpha value is -0.560. The minimum absolute atomic E-state index is 0.000546. The summed E-state index contributed by atoms with van der Waals surface area (Å²) in [5.74, 6) is -6.60. The van der Waals surface area contributed by atoms with Gasteiger partial charge < -0.3 is 73.0 Å². The van der Waals surface area contributed by atoms with Crippen LogP contribution in [0.4, 0.5) is 11.4 Å². The van der Waals surface area contributed by atoms with Crippen LogP contribution in [-0.2, 0) is 9.59 Å². The van der Waals surface area contributed by atoms with Crippen LogP contribution in [0.1, 0.15) is 41.4 Å². The zero-order valence-electron chi connectivity index (χ0n) is 30.0. The second-order valence-electron chi connectivity index (χ2n) is 12.3. The van der Waals surface area contributed by atoms with Crippen molar-refractivity contribution in [1.82, 2.24) is 10.2 Å². The normalized spacial score (nSPS) is 14.0. The second-order valence-corrected chi connectivity index (χ2v) is 18.7. The van der Waals surface area contributed by atoms with Crippen LogP contribution in [0.2, 0.25) is 0 Å². The van der Waals surface area contributed by atoms with E-state index in [9.17, 15) is 65.1 Å². The van der Waals surface area contributed by atoms with Crippen molar-refractivity contribution >= 4 is 182 Å². The fraction of sp³-hybridized carbons (Fsp3) is 0.438. The summed E-state index contributed by atoms with van der Waals surface area (Å²) in [5, 5.41) is 95.5. The number of aliphatic hydroxyl groups is 9. The highest BCUT2D eigenvalue weighted by atomic mass is 127. The summed E-state index contributed by atoms with van der Waals surface area (Å²) in [5.41, 5.74) is 9.60. The van der Waals surface area contributed by atoms with Gasteiger partial charge in [-0.05, 0) is 136 Å². The highest BCUT2D eigenvalue weighted by Crippen LogP contribution is 2.40. The molecule has 328 valence electrons. The Bertz CT molecular complexity index is 1890. The summed E-state index contributed by atoms with van der Waals surface area (Å²) in [7, 11) is 0. The molecule has 0 bridgehead atoms. The number of nitrogens with two attached hydrogens (primary N) is 2. The molecule has 0 fully saturated rings. The monoisotopic (exact) mass is 1510 g/mol. The molecule has 15 N–H and O–H groups in total. The van der Waals surface area contributed by atoms with E-state index in [1.165, 1.54) is 0 Å². The quantitative estimate of drug-likeness (QED) is 0.0329. The predicted octanol–water partition coefficient (Wildman–Crippen LogP) is -2.53. The van der Waals surface area contributed by atoms with Crippen LogP contribution in [0.5, 0.6) is 0 Å². The molecule has 0 aliphatic heterocycles. The first-order chi connectivity index (χ1) is 27.6. The van der Waals surface area contributed by atoms with E-state index >= 15 is 9.59 Å². The number of benzene rings is 2. The van der Waals surface area contributed by atoms with E-state index in [4.69, 9.17) is 11.5 Å². The summed E-state index contributed by atoms with van der Waals surface area (Å²) in [4.78, 5) is 84.2.